The van der Waals surface area contributed by atoms with Gasteiger partial charge in [-0.25, -0.2) is 0 Å². The fourth-order valence-electron chi connectivity index (χ4n) is 2.94. The summed E-state index contributed by atoms with van der Waals surface area (Å²) in [6.45, 7) is 8.19. The molecule has 4 heteroatoms. The molecule has 2 nitrogen and oxygen atoms in total. The molecule has 0 amide bonds. The summed E-state index contributed by atoms with van der Waals surface area (Å²) in [6.07, 6.45) is 15.1. The summed E-state index contributed by atoms with van der Waals surface area (Å²) in [5, 5.41) is 0.519. The Balaban J connectivity index is 1.94. The van der Waals surface area contributed by atoms with Gasteiger partial charge in [-0.2, -0.15) is 0 Å². The molecule has 2 heterocycles. The minimum absolute atomic E-state index is 0.179. The Hall–Kier alpha value is -2.04. The lowest BCUT2D eigenvalue weighted by Crippen LogP contribution is -2.64. The minimum Gasteiger partial charge on any atom is -0.288 e. The summed E-state index contributed by atoms with van der Waals surface area (Å²) in [6, 6.07) is 0. The van der Waals surface area contributed by atoms with E-state index in [1.165, 1.54) is 19.6 Å². The third-order valence-electron chi connectivity index (χ3n) is 3.99. The lowest BCUT2D eigenvalue weighted by molar-refractivity contribution is 1.27. The second kappa shape index (κ2) is 7.68. The third kappa shape index (κ3) is 4.19. The molecule has 0 saturated carbocycles. The molecule has 26 heavy (non-hydrogen) atoms. The van der Waals surface area contributed by atoms with Crippen molar-refractivity contribution in [3.05, 3.63) is 98.1 Å². The molecular weight excluding hydrogens is 360 g/mol. The van der Waals surface area contributed by atoms with Crippen LogP contribution in [-0.2, 0) is 0 Å². The normalized spacial score (nSPS) is 17.2. The van der Waals surface area contributed by atoms with Crippen molar-refractivity contribution in [2.45, 2.75) is 27.7 Å². The van der Waals surface area contributed by atoms with Crippen molar-refractivity contribution in [2.24, 2.45) is 0 Å². The topological polar surface area (TPSA) is 34.1 Å². The zero-order chi connectivity index (χ0) is 18.8. The van der Waals surface area contributed by atoms with Gasteiger partial charge in [-0.1, -0.05) is 35.7 Å². The molecule has 0 N–H and O–H groups in total. The van der Waals surface area contributed by atoms with E-state index < -0.39 is 0 Å². The number of rotatable bonds is 2. The van der Waals surface area contributed by atoms with Gasteiger partial charge in [-0.15, -0.1) is 0 Å². The van der Waals surface area contributed by atoms with Gasteiger partial charge in [0.1, 0.15) is 0 Å². The Labute approximate surface area is 161 Å². The van der Waals surface area contributed by atoms with E-state index >= 15 is 0 Å². The highest BCUT2D eigenvalue weighted by Gasteiger charge is 2.08. The first-order valence-electron chi connectivity index (χ1n) is 8.36. The van der Waals surface area contributed by atoms with Crippen LogP contribution in [0.3, 0.4) is 0 Å². The van der Waals surface area contributed by atoms with E-state index in [-0.39, 0.29) is 21.3 Å². The first-order chi connectivity index (χ1) is 12.3. The minimum atomic E-state index is -0.179. The zero-order valence-corrected chi connectivity index (χ0v) is 16.9. The van der Waals surface area contributed by atoms with Gasteiger partial charge in [0, 0.05) is 0 Å². The first-order valence-corrected chi connectivity index (χ1v) is 9.99. The monoisotopic (exact) mass is 380 g/mol. The highest BCUT2D eigenvalue weighted by atomic mass is 32.2. The lowest BCUT2D eigenvalue weighted by Gasteiger charge is -2.09. The fraction of sp³-hybridized carbons (Fsp3) is 0.182. The van der Waals surface area contributed by atoms with Crippen LogP contribution in [0.1, 0.15) is 27.7 Å². The highest BCUT2D eigenvalue weighted by Crippen LogP contribution is 2.32. The molecule has 0 spiro atoms. The van der Waals surface area contributed by atoms with E-state index in [9.17, 15) is 9.59 Å². The van der Waals surface area contributed by atoms with E-state index in [0.29, 0.717) is 0 Å². The van der Waals surface area contributed by atoms with Crippen LogP contribution in [0, 0.1) is 0 Å². The van der Waals surface area contributed by atoms with Gasteiger partial charge in [-0.3, -0.25) is 9.59 Å². The summed E-state index contributed by atoms with van der Waals surface area (Å²) in [5.41, 5.74) is 1.66. The Bertz CT molecular complexity index is 984. The van der Waals surface area contributed by atoms with Crippen molar-refractivity contribution in [1.82, 2.24) is 0 Å². The summed E-state index contributed by atoms with van der Waals surface area (Å²) in [7, 11) is 0. The Kier molecular flexibility index (Phi) is 5.54. The van der Waals surface area contributed by atoms with Crippen LogP contribution in [0.2, 0.25) is 0 Å². The number of hydrogen-bond acceptors (Lipinski definition) is 4. The first kappa shape index (κ1) is 18.7. The van der Waals surface area contributed by atoms with Crippen LogP contribution in [0.15, 0.2) is 76.8 Å². The van der Waals surface area contributed by atoms with Gasteiger partial charge in [0.2, 0.25) is 10.9 Å². The molecule has 132 valence electrons. The molecule has 2 aliphatic heterocycles. The maximum absolute atomic E-state index is 12.3. The predicted molar refractivity (Wildman–Crippen MR) is 116 cm³/mol. The molecular formula is C22H20O2S2. The van der Waals surface area contributed by atoms with Crippen molar-refractivity contribution < 1.29 is 0 Å². The van der Waals surface area contributed by atoms with E-state index in [1.807, 2.05) is 64.2 Å². The number of hydrogen-bond donors (Lipinski definition) is 0. The average Bonchev–Trinajstić information content (AvgIpc) is 2.53. The van der Waals surface area contributed by atoms with Crippen LogP contribution in [-0.4, -0.2) is 0 Å². The molecule has 0 aromatic heterocycles. The van der Waals surface area contributed by atoms with E-state index in [2.05, 4.69) is 0 Å². The standard InChI is InChI=1S/C22H20O2S2/c1-13-9-17(10-14(2)25-13)5-7-19-21(23)20(22(19)24)8-6-18-11-15(3)26-16(4)12-18/h5-12H,1-4H3. The van der Waals surface area contributed by atoms with Gasteiger partial charge in [0.15, 0.2) is 0 Å². The zero-order valence-electron chi connectivity index (χ0n) is 15.3. The lowest BCUT2D eigenvalue weighted by atomic mass is 10.1. The van der Waals surface area contributed by atoms with Gasteiger partial charge in [0.25, 0.3) is 0 Å². The molecule has 0 saturated heterocycles. The molecule has 1 aromatic carbocycles. The Morgan fingerprint density at radius 1 is 0.577 bits per heavy atom. The molecule has 3 rings (SSSR count). The molecule has 0 unspecified atom stereocenters. The van der Waals surface area contributed by atoms with E-state index in [1.54, 1.807) is 35.7 Å². The molecule has 0 aliphatic carbocycles. The number of thioether (sulfide) groups is 2. The quantitative estimate of drug-likeness (QED) is 0.781. The van der Waals surface area contributed by atoms with Gasteiger partial charge >= 0.3 is 0 Å². The summed E-state index contributed by atoms with van der Waals surface area (Å²) < 4.78 is 0. The van der Waals surface area contributed by atoms with E-state index in [4.69, 9.17) is 0 Å². The maximum atomic E-state index is 12.3. The second-order valence-electron chi connectivity index (χ2n) is 6.38. The van der Waals surface area contributed by atoms with Crippen LogP contribution in [0.25, 0.3) is 12.2 Å². The molecule has 0 fully saturated rings. The van der Waals surface area contributed by atoms with Gasteiger partial charge in [-0.05, 0) is 94.9 Å². The fourth-order valence-corrected chi connectivity index (χ4v) is 4.73. The summed E-state index contributed by atoms with van der Waals surface area (Å²) >= 11 is 3.44. The number of allylic oxidation sites excluding steroid dienone is 12. The van der Waals surface area contributed by atoms with Crippen LogP contribution >= 0.6 is 23.5 Å². The average molecular weight is 381 g/mol. The van der Waals surface area contributed by atoms with Gasteiger partial charge in [0.05, 0.1) is 10.4 Å². The SMILES string of the molecule is CC1=CC(=CC=c2c(=O)c(=CC=C3C=C(C)SC(C)=C3)c2=O)C=C(C)S1. The van der Waals surface area contributed by atoms with Crippen molar-refractivity contribution in [3.63, 3.8) is 0 Å². The molecule has 1 aromatic rings. The summed E-state index contributed by atoms with van der Waals surface area (Å²) in [4.78, 5) is 29.4. The molecule has 0 radical (unpaired) electrons. The van der Waals surface area contributed by atoms with Crippen LogP contribution in [0.4, 0.5) is 0 Å². The van der Waals surface area contributed by atoms with Crippen LogP contribution < -0.4 is 21.3 Å². The highest BCUT2D eigenvalue weighted by molar-refractivity contribution is 8.06. The maximum Gasteiger partial charge on any atom is 0.200 e. The summed E-state index contributed by atoms with van der Waals surface area (Å²) in [5.74, 6) is 0. The molecule has 2 aliphatic rings. The van der Waals surface area contributed by atoms with Gasteiger partial charge < -0.3 is 0 Å². The second-order valence-corrected chi connectivity index (χ2v) is 9.36. The van der Waals surface area contributed by atoms with E-state index in [0.717, 1.165) is 11.1 Å². The predicted octanol–water partition coefficient (Wildman–Crippen LogP) is 3.81. The van der Waals surface area contributed by atoms with Crippen molar-refractivity contribution in [2.75, 3.05) is 0 Å². The third-order valence-corrected chi connectivity index (χ3v) is 5.75. The Morgan fingerprint density at radius 3 is 1.19 bits per heavy atom. The largest absolute Gasteiger partial charge is 0.288 e. The van der Waals surface area contributed by atoms with Crippen molar-refractivity contribution in [1.29, 1.82) is 0 Å². The van der Waals surface area contributed by atoms with Crippen molar-refractivity contribution >= 4 is 35.7 Å². The Morgan fingerprint density at radius 2 is 0.885 bits per heavy atom. The molecule has 0 atom stereocenters. The van der Waals surface area contributed by atoms with Crippen molar-refractivity contribution in [3.8, 4) is 0 Å². The van der Waals surface area contributed by atoms with Crippen LogP contribution in [0.5, 0.6) is 0 Å². The molecule has 0 bridgehead atoms. The smallest absolute Gasteiger partial charge is 0.200 e.